The van der Waals surface area contributed by atoms with Gasteiger partial charge in [0.05, 0.1) is 17.9 Å². The van der Waals surface area contributed by atoms with E-state index in [1.807, 2.05) is 0 Å². The number of hydrogen-bond acceptors (Lipinski definition) is 5. The summed E-state index contributed by atoms with van der Waals surface area (Å²) in [5, 5.41) is 5.67. The van der Waals surface area contributed by atoms with Crippen LogP contribution in [0.5, 0.6) is 0 Å². The molecule has 156 valence electrons. The van der Waals surface area contributed by atoms with Gasteiger partial charge in [-0.3, -0.25) is 14.4 Å². The van der Waals surface area contributed by atoms with E-state index < -0.39 is 17.7 Å². The third-order valence-electron chi connectivity index (χ3n) is 5.94. The van der Waals surface area contributed by atoms with Crippen molar-refractivity contribution in [2.24, 2.45) is 5.92 Å². The molecule has 3 atom stereocenters. The Morgan fingerprint density at radius 2 is 2.00 bits per heavy atom. The smallest absolute Gasteiger partial charge is 0.255 e. The molecule has 1 saturated heterocycles. The van der Waals surface area contributed by atoms with Gasteiger partial charge in [0.25, 0.3) is 5.91 Å². The number of carbonyl (C=O) groups is 3. The summed E-state index contributed by atoms with van der Waals surface area (Å²) in [6, 6.07) is 0.857. The molecule has 1 aliphatic carbocycles. The molecule has 1 aromatic rings. The molecule has 0 aromatic carbocycles. The molecule has 2 N–H and O–H groups in total. The zero-order valence-electron chi connectivity index (χ0n) is 16.5. The maximum absolute atomic E-state index is 13.0. The second-order valence-corrected chi connectivity index (χ2v) is 7.85. The fourth-order valence-corrected chi connectivity index (χ4v) is 3.88. The zero-order chi connectivity index (χ0) is 19.4. The number of rotatable bonds is 6. The Balaban J connectivity index is 0.00000280. The van der Waals surface area contributed by atoms with Crippen molar-refractivity contribution in [2.45, 2.75) is 70.1 Å². The average Bonchev–Trinajstić information content (AvgIpc) is 3.27. The number of Topliss-reactive ketones (excluding diaryl/α,β-unsaturated/α-hetero) is 1. The number of ether oxygens (including phenoxy) is 1. The third-order valence-corrected chi connectivity index (χ3v) is 5.94. The molecule has 2 aliphatic rings. The first-order valence-electron chi connectivity index (χ1n) is 9.70. The van der Waals surface area contributed by atoms with Crippen molar-refractivity contribution in [1.29, 1.82) is 0 Å². The summed E-state index contributed by atoms with van der Waals surface area (Å²) in [5.74, 6) is -0.460. The highest BCUT2D eigenvalue weighted by Gasteiger charge is 2.47. The molecule has 3 rings (SSSR count). The van der Waals surface area contributed by atoms with Crippen LogP contribution in [0.4, 0.5) is 0 Å². The second kappa shape index (κ2) is 9.60. The summed E-state index contributed by atoms with van der Waals surface area (Å²) in [4.78, 5) is 37.7. The first-order valence-corrected chi connectivity index (χ1v) is 9.70. The molecular weight excluding hydrogens is 380 g/mol. The van der Waals surface area contributed by atoms with Crippen molar-refractivity contribution >= 4 is 31.1 Å². The van der Waals surface area contributed by atoms with Crippen molar-refractivity contribution in [3.8, 4) is 0 Å². The van der Waals surface area contributed by atoms with Crippen LogP contribution in [0.15, 0.2) is 23.0 Å². The first-order chi connectivity index (χ1) is 12.9. The van der Waals surface area contributed by atoms with Gasteiger partial charge < -0.3 is 19.8 Å². The van der Waals surface area contributed by atoms with E-state index >= 15 is 0 Å². The van der Waals surface area contributed by atoms with E-state index in [0.29, 0.717) is 17.9 Å². The minimum absolute atomic E-state index is 0. The van der Waals surface area contributed by atoms with Crippen LogP contribution in [0.3, 0.4) is 0 Å². The molecular formula is C20H30N2O5S. The minimum Gasteiger partial charge on any atom is -0.472 e. The number of amides is 2. The number of carbonyl (C=O) groups excluding carboxylic acids is 3. The predicted molar refractivity (Wildman–Crippen MR) is 109 cm³/mol. The lowest BCUT2D eigenvalue weighted by molar-refractivity contribution is -0.131. The Hall–Kier alpha value is -1.80. The normalized spacial score (nSPS) is 26.4. The summed E-state index contributed by atoms with van der Waals surface area (Å²) in [6.45, 7) is 3.44. The maximum Gasteiger partial charge on any atom is 0.255 e. The Morgan fingerprint density at radius 1 is 1.29 bits per heavy atom. The molecule has 8 heteroatoms. The summed E-state index contributed by atoms with van der Waals surface area (Å²) in [7, 11) is 0. The quantitative estimate of drug-likeness (QED) is 0.750. The summed E-state index contributed by atoms with van der Waals surface area (Å²) in [6.07, 6.45) is 8.55. The minimum atomic E-state index is -1.07. The number of furan rings is 1. The molecule has 1 aromatic heterocycles. The largest absolute Gasteiger partial charge is 0.472 e. The maximum atomic E-state index is 13.0. The van der Waals surface area contributed by atoms with Crippen molar-refractivity contribution in [1.82, 2.24) is 10.6 Å². The van der Waals surface area contributed by atoms with Crippen LogP contribution in [0.25, 0.3) is 0 Å². The topological polar surface area (TPSA) is 97.6 Å². The van der Waals surface area contributed by atoms with Crippen molar-refractivity contribution < 1.29 is 23.5 Å². The van der Waals surface area contributed by atoms with Gasteiger partial charge in [0.2, 0.25) is 5.91 Å². The van der Waals surface area contributed by atoms with Gasteiger partial charge in [0, 0.05) is 0 Å². The van der Waals surface area contributed by atoms with Crippen molar-refractivity contribution in [3.63, 3.8) is 0 Å². The van der Waals surface area contributed by atoms with Crippen molar-refractivity contribution in [2.75, 3.05) is 6.61 Å². The van der Waals surface area contributed by atoms with Crippen LogP contribution in [-0.2, 0) is 14.3 Å². The Kier molecular flexibility index (Phi) is 7.71. The van der Waals surface area contributed by atoms with Crippen LogP contribution in [0.1, 0.15) is 62.7 Å². The molecule has 0 radical (unpaired) electrons. The number of hydrogen-bond donors (Lipinski definition) is 2. The summed E-state index contributed by atoms with van der Waals surface area (Å²) in [5.41, 5.74) is -0.696. The molecule has 2 amide bonds. The Labute approximate surface area is 172 Å². The third kappa shape index (κ3) is 4.97. The second-order valence-electron chi connectivity index (χ2n) is 7.85. The van der Waals surface area contributed by atoms with E-state index in [1.165, 1.54) is 18.9 Å². The highest BCUT2D eigenvalue weighted by Crippen LogP contribution is 2.28. The molecule has 1 saturated carbocycles. The zero-order valence-corrected chi connectivity index (χ0v) is 17.5. The molecule has 0 unspecified atom stereocenters. The Bertz CT molecular complexity index is 687. The fourth-order valence-electron chi connectivity index (χ4n) is 3.88. The molecule has 28 heavy (non-hydrogen) atoms. The molecule has 2 fully saturated rings. The van der Waals surface area contributed by atoms with Crippen LogP contribution < -0.4 is 10.6 Å². The predicted octanol–water partition coefficient (Wildman–Crippen LogP) is 2.32. The first kappa shape index (κ1) is 22.5. The van der Waals surface area contributed by atoms with Gasteiger partial charge in [-0.25, -0.2) is 0 Å². The van der Waals surface area contributed by atoms with Gasteiger partial charge in [0.15, 0.2) is 5.78 Å². The van der Waals surface area contributed by atoms with Gasteiger partial charge in [-0.1, -0.05) is 32.1 Å². The number of ketones is 1. The summed E-state index contributed by atoms with van der Waals surface area (Å²) < 4.78 is 10.3. The van der Waals surface area contributed by atoms with E-state index in [2.05, 4.69) is 10.6 Å². The van der Waals surface area contributed by atoms with Gasteiger partial charge >= 0.3 is 0 Å². The molecule has 0 bridgehead atoms. The highest BCUT2D eigenvalue weighted by molar-refractivity contribution is 7.59. The molecule has 2 heterocycles. The highest BCUT2D eigenvalue weighted by atomic mass is 32.1. The van der Waals surface area contributed by atoms with E-state index in [-0.39, 0.29) is 37.7 Å². The van der Waals surface area contributed by atoms with Crippen LogP contribution >= 0.6 is 13.5 Å². The van der Waals surface area contributed by atoms with Crippen LogP contribution in [-0.4, -0.2) is 41.9 Å². The van der Waals surface area contributed by atoms with Gasteiger partial charge in [-0.2, -0.15) is 13.5 Å². The molecule has 0 spiro atoms. The fraction of sp³-hybridized carbons (Fsp3) is 0.650. The lowest BCUT2D eigenvalue weighted by Crippen LogP contribution is -2.60. The van der Waals surface area contributed by atoms with E-state index in [4.69, 9.17) is 9.15 Å². The molecule has 1 aliphatic heterocycles. The van der Waals surface area contributed by atoms with Crippen LogP contribution in [0, 0.1) is 5.92 Å². The van der Waals surface area contributed by atoms with Crippen LogP contribution in [0.2, 0.25) is 0 Å². The summed E-state index contributed by atoms with van der Waals surface area (Å²) >= 11 is 0. The van der Waals surface area contributed by atoms with E-state index in [1.54, 1.807) is 19.9 Å². The lowest BCUT2D eigenvalue weighted by atomic mass is 9.84. The van der Waals surface area contributed by atoms with E-state index in [9.17, 15) is 14.4 Å². The van der Waals surface area contributed by atoms with Gasteiger partial charge in [0.1, 0.15) is 24.5 Å². The van der Waals surface area contributed by atoms with Gasteiger partial charge in [-0.15, -0.1) is 0 Å². The lowest BCUT2D eigenvalue weighted by Gasteiger charge is -2.31. The van der Waals surface area contributed by atoms with E-state index in [0.717, 1.165) is 25.7 Å². The van der Waals surface area contributed by atoms with Gasteiger partial charge in [-0.05, 0) is 32.3 Å². The monoisotopic (exact) mass is 410 g/mol. The standard InChI is InChI=1S/C20H28N2O5.H2S/c1-13-20(2,17(23)12-27-13)22-19(25)16(10-14-6-4-3-5-7-14)21-18(24)15-8-9-26-11-15;/h8-9,11,13-14,16H,3-7,10,12H2,1-2H3,(H,21,24)(H,22,25);1H2/t13-,16+,20-;/m1./s1. The Morgan fingerprint density at radius 3 is 2.57 bits per heavy atom. The SMILES string of the molecule is C[C@H]1OCC(=O)[C@]1(C)NC(=O)[C@H](CC1CCCCC1)NC(=O)c1ccoc1.S. The molecule has 7 nitrogen and oxygen atoms in total. The average molecular weight is 411 g/mol. The van der Waals surface area contributed by atoms with Crippen molar-refractivity contribution in [3.05, 3.63) is 24.2 Å². The number of nitrogens with one attached hydrogen (secondary N) is 2.